The Morgan fingerprint density at radius 3 is 2.91 bits per heavy atom. The highest BCUT2D eigenvalue weighted by Crippen LogP contribution is 2.35. The van der Waals surface area contributed by atoms with Gasteiger partial charge in [-0.05, 0) is 12.1 Å². The van der Waals surface area contributed by atoms with Crippen molar-refractivity contribution in [3.05, 3.63) is 47.3 Å². The van der Waals surface area contributed by atoms with Gasteiger partial charge in [-0.3, -0.25) is 14.4 Å². The van der Waals surface area contributed by atoms with Crippen LogP contribution in [-0.4, -0.2) is 22.9 Å². The number of nitrogens with zero attached hydrogens (tertiary/aromatic N) is 4. The third kappa shape index (κ3) is 2.20. The number of ether oxygens (including phenoxy) is 1. The second-order valence-corrected chi connectivity index (χ2v) is 4.94. The summed E-state index contributed by atoms with van der Waals surface area (Å²) in [5.74, 6) is 6.79. The number of methoxy groups -OCH3 is 1. The maximum atomic E-state index is 11.1. The Morgan fingerprint density at radius 2 is 2.26 bits per heavy atom. The van der Waals surface area contributed by atoms with Crippen molar-refractivity contribution in [2.24, 2.45) is 11.6 Å². The van der Waals surface area contributed by atoms with Gasteiger partial charge in [0.15, 0.2) is 12.0 Å². The van der Waals surface area contributed by atoms with Crippen LogP contribution in [0.25, 0.3) is 5.69 Å². The first-order chi connectivity index (χ1) is 11.1. The summed E-state index contributed by atoms with van der Waals surface area (Å²) in [6.45, 7) is 0. The molecule has 4 N–H and O–H groups in total. The smallest absolute Gasteiger partial charge is 0.167 e. The topological polar surface area (TPSA) is 123 Å². The molecule has 23 heavy (non-hydrogen) atoms. The summed E-state index contributed by atoms with van der Waals surface area (Å²) in [6, 6.07) is 7.36. The molecule has 0 fully saturated rings. The number of carbonyl (C=O) groups is 1. The summed E-state index contributed by atoms with van der Waals surface area (Å²) >= 11 is 0. The molecule has 2 aromatic rings. The van der Waals surface area contributed by atoms with E-state index in [4.69, 9.17) is 16.3 Å². The van der Waals surface area contributed by atoms with Crippen molar-refractivity contribution in [3.63, 3.8) is 0 Å². The van der Waals surface area contributed by atoms with E-state index in [9.17, 15) is 10.1 Å². The summed E-state index contributed by atoms with van der Waals surface area (Å²) in [6.07, 6.45) is 2.29. The Hall–Kier alpha value is -3.31. The number of anilines is 1. The molecule has 0 saturated heterocycles. The Morgan fingerprint density at radius 1 is 1.48 bits per heavy atom. The highest BCUT2D eigenvalue weighted by Gasteiger charge is 2.26. The fourth-order valence-electron chi connectivity index (χ4n) is 2.57. The Kier molecular flexibility index (Phi) is 3.48. The van der Waals surface area contributed by atoms with Gasteiger partial charge in [0.25, 0.3) is 0 Å². The molecular weight excluding hydrogens is 296 g/mol. The first kappa shape index (κ1) is 14.6. The molecule has 0 radical (unpaired) electrons. The number of hydrogen-bond acceptors (Lipinski definition) is 7. The van der Waals surface area contributed by atoms with E-state index in [1.165, 1.54) is 5.01 Å². The van der Waals surface area contributed by atoms with Gasteiger partial charge in [-0.1, -0.05) is 0 Å². The molecule has 1 aliphatic heterocycles. The summed E-state index contributed by atoms with van der Waals surface area (Å²) in [5.41, 5.74) is 8.37. The van der Waals surface area contributed by atoms with Gasteiger partial charge >= 0.3 is 0 Å². The molecule has 0 spiro atoms. The summed E-state index contributed by atoms with van der Waals surface area (Å²) in [4.78, 5) is 15.2. The van der Waals surface area contributed by atoms with E-state index in [-0.39, 0.29) is 17.8 Å². The lowest BCUT2D eigenvalue weighted by molar-refractivity contribution is -0.105. The molecule has 0 atom stereocenters. The van der Waals surface area contributed by atoms with Gasteiger partial charge in [0, 0.05) is 12.5 Å². The van der Waals surface area contributed by atoms with Gasteiger partial charge in [-0.2, -0.15) is 5.26 Å². The lowest BCUT2D eigenvalue weighted by atomic mass is 10.1. The van der Waals surface area contributed by atoms with Crippen LogP contribution in [0, 0.1) is 11.3 Å². The number of nitrogens with two attached hydrogens (primary N) is 2. The van der Waals surface area contributed by atoms with Crippen molar-refractivity contribution in [1.82, 2.24) is 9.55 Å². The van der Waals surface area contributed by atoms with E-state index >= 15 is 0 Å². The van der Waals surface area contributed by atoms with E-state index in [2.05, 4.69) is 4.98 Å². The Balaban J connectivity index is 2.34. The second-order valence-electron chi connectivity index (χ2n) is 4.94. The number of carbonyl (C=O) groups excluding carboxylic acids is 1. The standard InChI is InChI=1S/C15H14N6O2/c1-23-9-2-3-12-15(4-9)21(18)13(10(17)7-22)5-14-11(6-16)19-8-20(12)14/h2-4,7-8H,5,17-18H2,1H3/b13-10-. The lowest BCUT2D eigenvalue weighted by Gasteiger charge is -2.22. The summed E-state index contributed by atoms with van der Waals surface area (Å²) < 4.78 is 6.99. The predicted octanol–water partition coefficient (Wildman–Crippen LogP) is 0.358. The largest absolute Gasteiger partial charge is 0.497 e. The fourth-order valence-corrected chi connectivity index (χ4v) is 2.57. The minimum absolute atomic E-state index is 0.000176. The number of allylic oxidation sites excluding steroid dienone is 2. The molecule has 0 unspecified atom stereocenters. The molecule has 8 heteroatoms. The Bertz CT molecular complexity index is 861. The first-order valence-electron chi connectivity index (χ1n) is 6.74. The first-order valence-corrected chi connectivity index (χ1v) is 6.74. The average molecular weight is 310 g/mol. The maximum absolute atomic E-state index is 11.1. The molecule has 1 aromatic carbocycles. The normalized spacial score (nSPS) is 15.1. The van der Waals surface area contributed by atoms with Crippen LogP contribution in [-0.2, 0) is 11.2 Å². The van der Waals surface area contributed by atoms with Crippen LogP contribution >= 0.6 is 0 Å². The monoisotopic (exact) mass is 310 g/mol. The van der Waals surface area contributed by atoms with Gasteiger partial charge in [-0.15, -0.1) is 0 Å². The van der Waals surface area contributed by atoms with E-state index < -0.39 is 0 Å². The number of aromatic nitrogens is 2. The highest BCUT2D eigenvalue weighted by molar-refractivity contribution is 5.78. The number of aldehydes is 1. The van der Waals surface area contributed by atoms with Crippen LogP contribution in [0.2, 0.25) is 0 Å². The molecule has 1 aliphatic rings. The minimum atomic E-state index is -0.000176. The zero-order valence-corrected chi connectivity index (χ0v) is 12.4. The summed E-state index contributed by atoms with van der Waals surface area (Å²) in [5, 5.41) is 10.6. The van der Waals surface area contributed by atoms with Crippen LogP contribution in [0.4, 0.5) is 5.69 Å². The molecule has 0 bridgehead atoms. The second kappa shape index (κ2) is 5.47. The van der Waals surface area contributed by atoms with E-state index in [1.54, 1.807) is 36.2 Å². The van der Waals surface area contributed by atoms with Crippen molar-refractivity contribution in [2.75, 3.05) is 12.1 Å². The molecule has 0 amide bonds. The van der Waals surface area contributed by atoms with Crippen LogP contribution in [0.15, 0.2) is 35.9 Å². The van der Waals surface area contributed by atoms with Crippen molar-refractivity contribution < 1.29 is 9.53 Å². The van der Waals surface area contributed by atoms with Crippen molar-refractivity contribution >= 4 is 12.0 Å². The van der Waals surface area contributed by atoms with E-state index in [1.807, 2.05) is 6.07 Å². The molecular formula is C15H14N6O2. The fraction of sp³-hybridized carbons (Fsp3) is 0.133. The SMILES string of the molecule is COc1ccc2c(c1)N(N)/C(=C(\N)C=O)Cc1c(C#N)ncn1-2. The van der Waals surface area contributed by atoms with Crippen molar-refractivity contribution in [3.8, 4) is 17.5 Å². The quantitative estimate of drug-likeness (QED) is 0.466. The van der Waals surface area contributed by atoms with Crippen LogP contribution in [0.5, 0.6) is 5.75 Å². The molecule has 0 aliphatic carbocycles. The number of hydrogen-bond donors (Lipinski definition) is 2. The van der Waals surface area contributed by atoms with Gasteiger partial charge < -0.3 is 10.5 Å². The van der Waals surface area contributed by atoms with Crippen LogP contribution in [0.1, 0.15) is 11.4 Å². The zero-order chi connectivity index (χ0) is 16.6. The van der Waals surface area contributed by atoms with Gasteiger partial charge in [0.2, 0.25) is 0 Å². The molecule has 0 saturated carbocycles. The molecule has 1 aromatic heterocycles. The zero-order valence-electron chi connectivity index (χ0n) is 12.4. The van der Waals surface area contributed by atoms with E-state index in [0.717, 1.165) is 0 Å². The third-order valence-electron chi connectivity index (χ3n) is 3.76. The third-order valence-corrected chi connectivity index (χ3v) is 3.76. The van der Waals surface area contributed by atoms with E-state index in [0.29, 0.717) is 34.8 Å². The maximum Gasteiger partial charge on any atom is 0.167 e. The summed E-state index contributed by atoms with van der Waals surface area (Å²) in [7, 11) is 1.55. The lowest BCUT2D eigenvalue weighted by Crippen LogP contribution is -2.33. The van der Waals surface area contributed by atoms with Gasteiger partial charge in [0.1, 0.15) is 18.1 Å². The number of benzene rings is 1. The van der Waals surface area contributed by atoms with Crippen LogP contribution < -0.4 is 21.3 Å². The van der Waals surface area contributed by atoms with Gasteiger partial charge in [0.05, 0.1) is 35.6 Å². The number of nitriles is 1. The molecule has 3 rings (SSSR count). The van der Waals surface area contributed by atoms with Crippen LogP contribution in [0.3, 0.4) is 0 Å². The Labute approximate surface area is 132 Å². The number of fused-ring (bicyclic) bond motifs is 3. The number of hydrazine groups is 1. The molecule has 2 heterocycles. The predicted molar refractivity (Wildman–Crippen MR) is 82.5 cm³/mol. The molecule has 116 valence electrons. The minimum Gasteiger partial charge on any atom is -0.497 e. The van der Waals surface area contributed by atoms with Crippen molar-refractivity contribution in [1.29, 1.82) is 5.26 Å². The average Bonchev–Trinajstić information content (AvgIpc) is 2.95. The van der Waals surface area contributed by atoms with Gasteiger partial charge in [-0.25, -0.2) is 10.8 Å². The number of imidazole rings is 1. The number of rotatable bonds is 2. The highest BCUT2D eigenvalue weighted by atomic mass is 16.5. The van der Waals surface area contributed by atoms with Crippen molar-refractivity contribution in [2.45, 2.75) is 6.42 Å². The molecule has 8 nitrogen and oxygen atoms in total.